The van der Waals surface area contributed by atoms with Crippen LogP contribution in [0.25, 0.3) is 11.1 Å². The molecular formula is C13H10ClF3N2. The van der Waals surface area contributed by atoms with Gasteiger partial charge in [-0.15, -0.1) is 0 Å². The van der Waals surface area contributed by atoms with Gasteiger partial charge in [-0.1, -0.05) is 29.8 Å². The largest absolute Gasteiger partial charge is 0.418 e. The van der Waals surface area contributed by atoms with Crippen molar-refractivity contribution in [2.45, 2.75) is 6.18 Å². The summed E-state index contributed by atoms with van der Waals surface area (Å²) in [5.74, 6) is 0. The maximum Gasteiger partial charge on any atom is 0.418 e. The number of hydrogen-bond acceptors (Lipinski definition) is 2. The summed E-state index contributed by atoms with van der Waals surface area (Å²) in [7, 11) is 0. The highest BCUT2D eigenvalue weighted by molar-refractivity contribution is 6.33. The normalized spacial score (nSPS) is 11.6. The van der Waals surface area contributed by atoms with Crippen molar-refractivity contribution in [1.29, 1.82) is 0 Å². The fourth-order valence-electron chi connectivity index (χ4n) is 1.76. The Labute approximate surface area is 112 Å². The van der Waals surface area contributed by atoms with Crippen LogP contribution in [0, 0.1) is 0 Å². The predicted molar refractivity (Wildman–Crippen MR) is 70.7 cm³/mol. The van der Waals surface area contributed by atoms with E-state index in [1.54, 1.807) is 24.3 Å². The summed E-state index contributed by atoms with van der Waals surface area (Å²) in [5, 5.41) is 0.347. The van der Waals surface area contributed by atoms with Crippen molar-refractivity contribution >= 4 is 23.0 Å². The summed E-state index contributed by atoms with van der Waals surface area (Å²) in [6.45, 7) is 0. The fraction of sp³-hybridized carbons (Fsp3) is 0.0769. The van der Waals surface area contributed by atoms with Crippen LogP contribution in [0.1, 0.15) is 5.56 Å². The van der Waals surface area contributed by atoms with E-state index in [4.69, 9.17) is 23.1 Å². The number of benzene rings is 2. The first-order chi connectivity index (χ1) is 8.80. The molecule has 19 heavy (non-hydrogen) atoms. The maximum absolute atomic E-state index is 12.9. The third-order valence-corrected chi connectivity index (χ3v) is 3.03. The Hall–Kier alpha value is -1.88. The molecular weight excluding hydrogens is 277 g/mol. The third kappa shape index (κ3) is 2.61. The zero-order valence-electron chi connectivity index (χ0n) is 9.63. The average molecular weight is 287 g/mol. The second-order valence-electron chi connectivity index (χ2n) is 4.00. The van der Waals surface area contributed by atoms with Crippen LogP contribution < -0.4 is 11.5 Å². The van der Waals surface area contributed by atoms with Gasteiger partial charge in [0.2, 0.25) is 0 Å². The van der Waals surface area contributed by atoms with Crippen LogP contribution in [0.15, 0.2) is 36.4 Å². The highest BCUT2D eigenvalue weighted by atomic mass is 35.5. The molecule has 0 heterocycles. The Balaban J connectivity index is 2.68. The fourth-order valence-corrected chi connectivity index (χ4v) is 2.01. The Morgan fingerprint density at radius 2 is 1.63 bits per heavy atom. The number of halogens is 4. The molecule has 2 rings (SSSR count). The Morgan fingerprint density at radius 1 is 1.00 bits per heavy atom. The van der Waals surface area contributed by atoms with Crippen LogP contribution in [-0.2, 0) is 6.18 Å². The molecule has 0 bridgehead atoms. The molecule has 0 amide bonds. The first-order valence-electron chi connectivity index (χ1n) is 5.32. The van der Waals surface area contributed by atoms with E-state index in [9.17, 15) is 13.2 Å². The number of rotatable bonds is 1. The van der Waals surface area contributed by atoms with Gasteiger partial charge in [0.05, 0.1) is 16.9 Å². The molecule has 0 fully saturated rings. The lowest BCUT2D eigenvalue weighted by molar-refractivity contribution is -0.136. The van der Waals surface area contributed by atoms with E-state index in [1.165, 1.54) is 6.07 Å². The Morgan fingerprint density at radius 3 is 2.21 bits per heavy atom. The molecule has 0 aliphatic heterocycles. The molecule has 2 aromatic rings. The Kier molecular flexibility index (Phi) is 3.32. The van der Waals surface area contributed by atoms with Crippen LogP contribution in [0.3, 0.4) is 0 Å². The molecule has 2 aromatic carbocycles. The lowest BCUT2D eigenvalue weighted by Crippen LogP contribution is -2.11. The lowest BCUT2D eigenvalue weighted by atomic mass is 10.0. The minimum Gasteiger partial charge on any atom is -0.397 e. The van der Waals surface area contributed by atoms with Crippen molar-refractivity contribution < 1.29 is 13.2 Å². The number of nitrogen functional groups attached to an aromatic ring is 2. The number of anilines is 2. The van der Waals surface area contributed by atoms with Gasteiger partial charge in [-0.25, -0.2) is 0 Å². The smallest absolute Gasteiger partial charge is 0.397 e. The van der Waals surface area contributed by atoms with Crippen molar-refractivity contribution in [3.63, 3.8) is 0 Å². The van der Waals surface area contributed by atoms with Gasteiger partial charge in [-0.2, -0.15) is 13.2 Å². The van der Waals surface area contributed by atoms with Crippen molar-refractivity contribution in [2.75, 3.05) is 11.5 Å². The minimum atomic E-state index is -4.56. The predicted octanol–water partition coefficient (Wildman–Crippen LogP) is 4.19. The first-order valence-corrected chi connectivity index (χ1v) is 5.69. The highest BCUT2D eigenvalue weighted by Gasteiger charge is 2.34. The summed E-state index contributed by atoms with van der Waals surface area (Å²) in [5.41, 5.74) is 10.1. The van der Waals surface area contributed by atoms with Gasteiger partial charge < -0.3 is 11.5 Å². The first kappa shape index (κ1) is 13.5. The number of nitrogens with two attached hydrogens (primary N) is 2. The van der Waals surface area contributed by atoms with Gasteiger partial charge >= 0.3 is 6.18 Å². The third-order valence-electron chi connectivity index (χ3n) is 2.70. The van der Waals surface area contributed by atoms with Gasteiger partial charge in [-0.3, -0.25) is 0 Å². The summed E-state index contributed by atoms with van der Waals surface area (Å²) >= 11 is 5.96. The molecule has 0 aliphatic rings. The molecule has 0 saturated carbocycles. The highest BCUT2D eigenvalue weighted by Crippen LogP contribution is 2.40. The molecule has 0 aromatic heterocycles. The second kappa shape index (κ2) is 4.66. The molecule has 0 saturated heterocycles. The molecule has 2 nitrogen and oxygen atoms in total. The molecule has 6 heteroatoms. The minimum absolute atomic E-state index is 0.121. The number of alkyl halides is 3. The van der Waals surface area contributed by atoms with Crippen molar-refractivity contribution in [1.82, 2.24) is 0 Å². The quantitative estimate of drug-likeness (QED) is 0.772. The van der Waals surface area contributed by atoms with Crippen LogP contribution >= 0.6 is 11.6 Å². The van der Waals surface area contributed by atoms with Crippen LogP contribution in [0.5, 0.6) is 0 Å². The monoisotopic (exact) mass is 286 g/mol. The average Bonchev–Trinajstić information content (AvgIpc) is 2.31. The molecule has 0 atom stereocenters. The van der Waals surface area contributed by atoms with Crippen molar-refractivity contribution in [3.05, 3.63) is 47.0 Å². The molecule has 4 N–H and O–H groups in total. The summed E-state index contributed by atoms with van der Waals surface area (Å²) in [6.07, 6.45) is -4.56. The SMILES string of the molecule is Nc1cc(-c2ccccc2Cl)cc(C(F)(F)F)c1N. The molecule has 0 unspecified atom stereocenters. The number of hydrogen-bond donors (Lipinski definition) is 2. The van der Waals surface area contributed by atoms with E-state index in [2.05, 4.69) is 0 Å². The summed E-state index contributed by atoms with van der Waals surface area (Å²) in [6, 6.07) is 8.92. The van der Waals surface area contributed by atoms with Crippen LogP contribution in [-0.4, -0.2) is 0 Å². The zero-order valence-corrected chi connectivity index (χ0v) is 10.4. The van der Waals surface area contributed by atoms with E-state index < -0.39 is 17.4 Å². The molecule has 0 radical (unpaired) electrons. The van der Waals surface area contributed by atoms with Gasteiger partial charge in [0.25, 0.3) is 0 Å². The summed E-state index contributed by atoms with van der Waals surface area (Å²) in [4.78, 5) is 0. The molecule has 0 aliphatic carbocycles. The van der Waals surface area contributed by atoms with E-state index in [-0.39, 0.29) is 11.3 Å². The van der Waals surface area contributed by atoms with Crippen LogP contribution in [0.4, 0.5) is 24.5 Å². The van der Waals surface area contributed by atoms with Gasteiger partial charge in [0.15, 0.2) is 0 Å². The molecule has 100 valence electrons. The Bertz CT molecular complexity index is 624. The van der Waals surface area contributed by atoms with Gasteiger partial charge in [-0.05, 0) is 23.8 Å². The van der Waals surface area contributed by atoms with E-state index >= 15 is 0 Å². The van der Waals surface area contributed by atoms with Gasteiger partial charge in [0, 0.05) is 10.6 Å². The van der Waals surface area contributed by atoms with E-state index in [0.29, 0.717) is 10.6 Å². The molecule has 0 spiro atoms. The second-order valence-corrected chi connectivity index (χ2v) is 4.41. The van der Waals surface area contributed by atoms with Gasteiger partial charge in [0.1, 0.15) is 0 Å². The van der Waals surface area contributed by atoms with Crippen molar-refractivity contribution in [2.24, 2.45) is 0 Å². The zero-order chi connectivity index (χ0) is 14.2. The lowest BCUT2D eigenvalue weighted by Gasteiger charge is -2.14. The van der Waals surface area contributed by atoms with E-state index in [0.717, 1.165) is 6.07 Å². The van der Waals surface area contributed by atoms with Crippen molar-refractivity contribution in [3.8, 4) is 11.1 Å². The summed E-state index contributed by atoms with van der Waals surface area (Å²) < 4.78 is 38.6. The topological polar surface area (TPSA) is 52.0 Å². The maximum atomic E-state index is 12.9. The van der Waals surface area contributed by atoms with E-state index in [1.807, 2.05) is 0 Å². The standard InChI is InChI=1S/C13H10ClF3N2/c14-10-4-2-1-3-8(10)7-5-9(13(15,16)17)12(19)11(18)6-7/h1-6H,18-19H2. The van der Waals surface area contributed by atoms with Crippen LogP contribution in [0.2, 0.25) is 5.02 Å².